The van der Waals surface area contributed by atoms with Gasteiger partial charge in [0.25, 0.3) is 0 Å². The fourth-order valence-corrected chi connectivity index (χ4v) is 1.94. The quantitative estimate of drug-likeness (QED) is 0.913. The standard InChI is InChI=1S/C12H21N3O3S/c1-12(2,3)9-7-10(11(18-6)13-8-9)14-19(16,17)15(4)5/h7-8,14H,1-6H3. The van der Waals surface area contributed by atoms with Crippen molar-refractivity contribution < 1.29 is 13.2 Å². The Morgan fingerprint density at radius 3 is 2.32 bits per heavy atom. The zero-order valence-electron chi connectivity index (χ0n) is 12.2. The number of pyridine rings is 1. The Morgan fingerprint density at radius 1 is 1.32 bits per heavy atom. The van der Waals surface area contributed by atoms with Gasteiger partial charge in [-0.3, -0.25) is 4.72 Å². The first-order valence-corrected chi connectivity index (χ1v) is 7.26. The van der Waals surface area contributed by atoms with E-state index in [1.807, 2.05) is 20.8 Å². The number of aromatic nitrogens is 1. The summed E-state index contributed by atoms with van der Waals surface area (Å²) in [5.41, 5.74) is 1.13. The maximum Gasteiger partial charge on any atom is 0.301 e. The number of anilines is 1. The average molecular weight is 287 g/mol. The first-order valence-electron chi connectivity index (χ1n) is 5.82. The molecule has 0 atom stereocenters. The van der Waals surface area contributed by atoms with E-state index in [1.54, 1.807) is 12.3 Å². The molecule has 1 N–H and O–H groups in total. The maximum atomic E-state index is 11.9. The number of ether oxygens (including phenoxy) is 1. The summed E-state index contributed by atoms with van der Waals surface area (Å²) in [5, 5.41) is 0. The second kappa shape index (κ2) is 5.34. The number of rotatable bonds is 4. The molecule has 0 fully saturated rings. The highest BCUT2D eigenvalue weighted by Crippen LogP contribution is 2.29. The molecule has 0 radical (unpaired) electrons. The summed E-state index contributed by atoms with van der Waals surface area (Å²) in [7, 11) is 0.777. The smallest absolute Gasteiger partial charge is 0.301 e. The van der Waals surface area contributed by atoms with Crippen molar-refractivity contribution in [3.8, 4) is 5.88 Å². The zero-order valence-corrected chi connectivity index (χ0v) is 13.0. The van der Waals surface area contributed by atoms with Crippen LogP contribution < -0.4 is 9.46 Å². The van der Waals surface area contributed by atoms with Crippen molar-refractivity contribution in [3.05, 3.63) is 17.8 Å². The van der Waals surface area contributed by atoms with Gasteiger partial charge >= 0.3 is 10.2 Å². The molecule has 0 aromatic carbocycles. The number of nitrogens with zero attached hydrogens (tertiary/aromatic N) is 2. The molecule has 0 amide bonds. The van der Waals surface area contributed by atoms with Gasteiger partial charge in [0.05, 0.1) is 7.11 Å². The van der Waals surface area contributed by atoms with Crippen LogP contribution in [0, 0.1) is 0 Å². The Hall–Kier alpha value is -1.34. The van der Waals surface area contributed by atoms with Gasteiger partial charge < -0.3 is 4.74 Å². The maximum absolute atomic E-state index is 11.9. The molecule has 0 spiro atoms. The van der Waals surface area contributed by atoms with E-state index in [1.165, 1.54) is 21.2 Å². The van der Waals surface area contributed by atoms with Gasteiger partial charge in [0.2, 0.25) is 5.88 Å². The van der Waals surface area contributed by atoms with Crippen LogP contribution in [0.3, 0.4) is 0 Å². The lowest BCUT2D eigenvalue weighted by Crippen LogP contribution is -2.29. The molecule has 1 aromatic heterocycles. The number of hydrogen-bond acceptors (Lipinski definition) is 4. The predicted molar refractivity (Wildman–Crippen MR) is 75.7 cm³/mol. The Bertz CT molecular complexity index is 548. The molecule has 0 saturated heterocycles. The molecule has 6 nitrogen and oxygen atoms in total. The highest BCUT2D eigenvalue weighted by atomic mass is 32.2. The van der Waals surface area contributed by atoms with Crippen molar-refractivity contribution in [1.29, 1.82) is 0 Å². The minimum absolute atomic E-state index is 0.127. The monoisotopic (exact) mass is 287 g/mol. The van der Waals surface area contributed by atoms with E-state index in [4.69, 9.17) is 4.74 Å². The molecule has 108 valence electrons. The van der Waals surface area contributed by atoms with Gasteiger partial charge in [-0.2, -0.15) is 12.7 Å². The van der Waals surface area contributed by atoms with E-state index in [0.29, 0.717) is 5.69 Å². The first-order chi connectivity index (χ1) is 8.58. The number of hydrogen-bond donors (Lipinski definition) is 1. The van der Waals surface area contributed by atoms with Crippen molar-refractivity contribution in [2.75, 3.05) is 25.9 Å². The van der Waals surface area contributed by atoms with Gasteiger partial charge in [-0.05, 0) is 17.0 Å². The summed E-state index contributed by atoms with van der Waals surface area (Å²) in [6.45, 7) is 6.09. The van der Waals surface area contributed by atoms with Crippen LogP contribution in [-0.4, -0.2) is 38.9 Å². The highest BCUT2D eigenvalue weighted by Gasteiger charge is 2.20. The lowest BCUT2D eigenvalue weighted by atomic mass is 9.88. The van der Waals surface area contributed by atoms with Crippen molar-refractivity contribution in [3.63, 3.8) is 0 Å². The minimum atomic E-state index is -3.58. The van der Waals surface area contributed by atoms with Crippen molar-refractivity contribution in [2.24, 2.45) is 0 Å². The molecule has 0 aliphatic carbocycles. The second-order valence-electron chi connectivity index (χ2n) is 5.42. The molecule has 0 aliphatic rings. The molecule has 0 bridgehead atoms. The van der Waals surface area contributed by atoms with E-state index >= 15 is 0 Å². The molecule has 0 unspecified atom stereocenters. The van der Waals surface area contributed by atoms with Crippen LogP contribution in [-0.2, 0) is 15.6 Å². The summed E-state index contributed by atoms with van der Waals surface area (Å²) in [6, 6.07) is 1.74. The van der Waals surface area contributed by atoms with Gasteiger partial charge in [-0.15, -0.1) is 0 Å². The largest absolute Gasteiger partial charge is 0.479 e. The Kier molecular flexibility index (Phi) is 4.42. The predicted octanol–water partition coefficient (Wildman–Crippen LogP) is 1.61. The third kappa shape index (κ3) is 3.81. The number of methoxy groups -OCH3 is 1. The average Bonchev–Trinajstić information content (AvgIpc) is 2.27. The van der Waals surface area contributed by atoms with E-state index < -0.39 is 10.2 Å². The van der Waals surface area contributed by atoms with Gasteiger partial charge in [0.15, 0.2) is 0 Å². The van der Waals surface area contributed by atoms with E-state index in [-0.39, 0.29) is 11.3 Å². The van der Waals surface area contributed by atoms with Crippen molar-refractivity contribution in [1.82, 2.24) is 9.29 Å². The summed E-state index contributed by atoms with van der Waals surface area (Å²) in [4.78, 5) is 4.14. The highest BCUT2D eigenvalue weighted by molar-refractivity contribution is 7.90. The van der Waals surface area contributed by atoms with Crippen LogP contribution in [0.2, 0.25) is 0 Å². The Morgan fingerprint density at radius 2 is 1.89 bits per heavy atom. The fourth-order valence-electron chi connectivity index (χ4n) is 1.33. The van der Waals surface area contributed by atoms with Gasteiger partial charge in [0, 0.05) is 20.3 Å². The zero-order chi connectivity index (χ0) is 14.8. The number of nitrogens with one attached hydrogen (secondary N) is 1. The van der Waals surface area contributed by atoms with E-state index in [2.05, 4.69) is 9.71 Å². The summed E-state index contributed by atoms with van der Waals surface area (Å²) < 4.78 is 32.4. The summed E-state index contributed by atoms with van der Waals surface area (Å²) >= 11 is 0. The lowest BCUT2D eigenvalue weighted by molar-refractivity contribution is 0.399. The van der Waals surface area contributed by atoms with Gasteiger partial charge in [0.1, 0.15) is 5.69 Å². The third-order valence-electron chi connectivity index (χ3n) is 2.63. The molecule has 1 heterocycles. The van der Waals surface area contributed by atoms with Crippen LogP contribution >= 0.6 is 0 Å². The first kappa shape index (κ1) is 15.7. The molecule has 0 aliphatic heterocycles. The Balaban J connectivity index is 3.25. The molecule has 1 rings (SSSR count). The minimum Gasteiger partial charge on any atom is -0.479 e. The topological polar surface area (TPSA) is 71.5 Å². The molecule has 1 aromatic rings. The normalized spacial score (nSPS) is 12.6. The molecule has 19 heavy (non-hydrogen) atoms. The SMILES string of the molecule is COc1ncc(C(C)(C)C)cc1NS(=O)(=O)N(C)C. The summed E-state index contributed by atoms with van der Waals surface area (Å²) in [6.07, 6.45) is 1.69. The third-order valence-corrected chi connectivity index (χ3v) is 4.07. The van der Waals surface area contributed by atoms with Crippen LogP contribution in [0.1, 0.15) is 26.3 Å². The van der Waals surface area contributed by atoms with Crippen molar-refractivity contribution >= 4 is 15.9 Å². The van der Waals surface area contributed by atoms with E-state index in [9.17, 15) is 8.42 Å². The Labute approximate surface area is 115 Å². The lowest BCUT2D eigenvalue weighted by Gasteiger charge is -2.21. The van der Waals surface area contributed by atoms with Crippen LogP contribution in [0.5, 0.6) is 5.88 Å². The molecular weight excluding hydrogens is 266 g/mol. The summed E-state index contributed by atoms with van der Waals surface area (Å²) in [5.74, 6) is 0.249. The fraction of sp³-hybridized carbons (Fsp3) is 0.583. The molecular formula is C12H21N3O3S. The van der Waals surface area contributed by atoms with Crippen LogP contribution in [0.25, 0.3) is 0 Å². The molecule has 7 heteroatoms. The van der Waals surface area contributed by atoms with E-state index in [0.717, 1.165) is 9.87 Å². The van der Waals surface area contributed by atoms with Gasteiger partial charge in [-0.1, -0.05) is 20.8 Å². The van der Waals surface area contributed by atoms with Crippen LogP contribution in [0.4, 0.5) is 5.69 Å². The second-order valence-corrected chi connectivity index (χ2v) is 7.30. The molecule has 0 saturated carbocycles. The van der Waals surface area contributed by atoms with Gasteiger partial charge in [-0.25, -0.2) is 4.98 Å². The van der Waals surface area contributed by atoms with Crippen LogP contribution in [0.15, 0.2) is 12.3 Å². The van der Waals surface area contributed by atoms with Crippen molar-refractivity contribution in [2.45, 2.75) is 26.2 Å².